The third kappa shape index (κ3) is 2.82. The van der Waals surface area contributed by atoms with E-state index in [9.17, 15) is 14.7 Å². The van der Waals surface area contributed by atoms with Crippen molar-refractivity contribution in [2.45, 2.75) is 6.42 Å². The molecule has 1 aliphatic heterocycles. The van der Waals surface area contributed by atoms with Gasteiger partial charge in [-0.15, -0.1) is 0 Å². The van der Waals surface area contributed by atoms with E-state index in [1.54, 1.807) is 12.1 Å². The van der Waals surface area contributed by atoms with Crippen LogP contribution in [-0.4, -0.2) is 30.1 Å². The van der Waals surface area contributed by atoms with Gasteiger partial charge in [-0.3, -0.25) is 4.79 Å². The number of fused-ring (bicyclic) bond motifs is 1. The fourth-order valence-corrected chi connectivity index (χ4v) is 2.91. The second-order valence-corrected chi connectivity index (χ2v) is 5.51. The van der Waals surface area contributed by atoms with Crippen LogP contribution < -0.4 is 4.90 Å². The maximum absolute atomic E-state index is 12.3. The first-order chi connectivity index (χ1) is 11.1. The molecule has 0 radical (unpaired) electrons. The highest BCUT2D eigenvalue weighted by atomic mass is 16.4. The number of anilines is 1. The van der Waals surface area contributed by atoms with Crippen molar-refractivity contribution in [3.05, 3.63) is 52.4 Å². The topological polar surface area (TPSA) is 106 Å². The van der Waals surface area contributed by atoms with E-state index in [1.807, 2.05) is 24.3 Å². The smallest absolute Gasteiger partial charge is 0.337 e. The van der Waals surface area contributed by atoms with Gasteiger partial charge in [-0.25, -0.2) is 4.79 Å². The van der Waals surface area contributed by atoms with E-state index in [-0.39, 0.29) is 30.4 Å². The van der Waals surface area contributed by atoms with Gasteiger partial charge in [0, 0.05) is 24.4 Å². The number of hydrogen-bond acceptors (Lipinski definition) is 3. The van der Waals surface area contributed by atoms with Gasteiger partial charge in [-0.2, -0.15) is 0 Å². The molecule has 1 N–H and O–H groups in total. The lowest BCUT2D eigenvalue weighted by molar-refractivity contribution is -0.117. The van der Waals surface area contributed by atoms with E-state index in [2.05, 4.69) is 10.0 Å². The Morgan fingerprint density at radius 3 is 2.70 bits per heavy atom. The third-order valence-electron chi connectivity index (χ3n) is 3.99. The van der Waals surface area contributed by atoms with Crippen LogP contribution in [0.4, 0.5) is 5.69 Å². The van der Waals surface area contributed by atoms with Crippen LogP contribution >= 0.6 is 0 Å². The summed E-state index contributed by atoms with van der Waals surface area (Å²) in [6.07, 6.45) is 0.255. The Morgan fingerprint density at radius 2 is 2.04 bits per heavy atom. The second kappa shape index (κ2) is 5.98. The average molecular weight is 310 g/mol. The molecule has 1 unspecified atom stereocenters. The lowest BCUT2D eigenvalue weighted by Crippen LogP contribution is -2.26. The highest BCUT2D eigenvalue weighted by Crippen LogP contribution is 2.32. The summed E-state index contributed by atoms with van der Waals surface area (Å²) in [6.45, 7) is 0.588. The molecule has 1 heterocycles. The maximum Gasteiger partial charge on any atom is 0.337 e. The Kier molecular flexibility index (Phi) is 3.87. The first-order valence-corrected chi connectivity index (χ1v) is 7.17. The van der Waals surface area contributed by atoms with Crippen LogP contribution in [-0.2, 0) is 4.79 Å². The minimum absolute atomic E-state index is 0.0912. The van der Waals surface area contributed by atoms with Gasteiger partial charge in [0.2, 0.25) is 5.91 Å². The molecule has 0 bridgehead atoms. The number of amides is 1. The molecule has 23 heavy (non-hydrogen) atoms. The van der Waals surface area contributed by atoms with E-state index < -0.39 is 5.97 Å². The summed E-state index contributed by atoms with van der Waals surface area (Å²) >= 11 is 0. The Hall–Kier alpha value is -3.05. The van der Waals surface area contributed by atoms with Crippen molar-refractivity contribution < 1.29 is 14.7 Å². The largest absolute Gasteiger partial charge is 0.478 e. The molecule has 1 atom stereocenters. The molecule has 3 rings (SSSR count). The maximum atomic E-state index is 12.3. The molecule has 116 valence electrons. The van der Waals surface area contributed by atoms with E-state index in [0.717, 1.165) is 10.8 Å². The van der Waals surface area contributed by atoms with Crippen LogP contribution in [0.3, 0.4) is 0 Å². The molecular weight excluding hydrogens is 296 g/mol. The molecular formula is C16H14N4O3. The first-order valence-electron chi connectivity index (χ1n) is 7.17. The van der Waals surface area contributed by atoms with Crippen molar-refractivity contribution in [1.29, 1.82) is 0 Å². The van der Waals surface area contributed by atoms with Crippen LogP contribution in [0.15, 0.2) is 41.5 Å². The van der Waals surface area contributed by atoms with Crippen molar-refractivity contribution >= 4 is 28.3 Å². The van der Waals surface area contributed by atoms with Gasteiger partial charge in [0.25, 0.3) is 0 Å². The molecule has 0 aromatic heterocycles. The number of benzene rings is 2. The highest BCUT2D eigenvalue weighted by Gasteiger charge is 2.32. The van der Waals surface area contributed by atoms with Gasteiger partial charge in [0.05, 0.1) is 11.3 Å². The van der Waals surface area contributed by atoms with Crippen molar-refractivity contribution in [3.63, 3.8) is 0 Å². The summed E-state index contributed by atoms with van der Waals surface area (Å²) < 4.78 is 0. The summed E-state index contributed by atoms with van der Waals surface area (Å²) in [4.78, 5) is 28.0. The quantitative estimate of drug-likeness (QED) is 0.532. The number of carboxylic acids is 1. The van der Waals surface area contributed by atoms with Crippen molar-refractivity contribution in [2.24, 2.45) is 11.0 Å². The van der Waals surface area contributed by atoms with Gasteiger partial charge in [-0.05, 0) is 34.4 Å². The fraction of sp³-hybridized carbons (Fsp3) is 0.250. The summed E-state index contributed by atoms with van der Waals surface area (Å²) in [5.74, 6) is -1.32. The summed E-state index contributed by atoms with van der Waals surface area (Å²) in [6, 6.07) is 10.7. The number of azide groups is 1. The van der Waals surface area contributed by atoms with Crippen molar-refractivity contribution in [2.75, 3.05) is 18.0 Å². The van der Waals surface area contributed by atoms with Crippen molar-refractivity contribution in [1.82, 2.24) is 0 Å². The number of carbonyl (C=O) groups excluding carboxylic acids is 1. The van der Waals surface area contributed by atoms with E-state index in [0.29, 0.717) is 12.2 Å². The van der Waals surface area contributed by atoms with E-state index in [1.165, 1.54) is 4.90 Å². The molecule has 2 aromatic rings. The van der Waals surface area contributed by atoms with Gasteiger partial charge < -0.3 is 10.0 Å². The minimum atomic E-state index is -1.07. The first kappa shape index (κ1) is 14.9. The predicted octanol–water partition coefficient (Wildman–Crippen LogP) is 3.20. The Morgan fingerprint density at radius 1 is 1.35 bits per heavy atom. The highest BCUT2D eigenvalue weighted by molar-refractivity contribution is 6.07. The molecule has 7 heteroatoms. The van der Waals surface area contributed by atoms with Crippen LogP contribution in [0.5, 0.6) is 0 Å². The normalized spacial score (nSPS) is 17.3. The standard InChI is InChI=1S/C16H14N4O3/c17-19-18-8-10-5-15(21)20(9-10)14-7-12-4-2-1-3-11(12)6-13(14)16(22)23/h1-4,6-7,10H,5,8-9H2,(H,22,23). The molecule has 0 saturated carbocycles. The molecule has 7 nitrogen and oxygen atoms in total. The average Bonchev–Trinajstić information content (AvgIpc) is 2.92. The molecule has 1 fully saturated rings. The summed E-state index contributed by atoms with van der Waals surface area (Å²) in [7, 11) is 0. The SMILES string of the molecule is [N-]=[N+]=NCC1CC(=O)N(c2cc3ccccc3cc2C(=O)O)C1. The Bertz CT molecular complexity index is 842. The van der Waals surface area contributed by atoms with Crippen LogP contribution in [0.1, 0.15) is 16.8 Å². The Labute approximate surface area is 131 Å². The number of hydrogen-bond donors (Lipinski definition) is 1. The number of rotatable bonds is 4. The molecule has 1 saturated heterocycles. The summed E-state index contributed by atoms with van der Waals surface area (Å²) in [5, 5.41) is 14.7. The zero-order valence-corrected chi connectivity index (χ0v) is 12.2. The van der Waals surface area contributed by atoms with E-state index in [4.69, 9.17) is 5.53 Å². The zero-order valence-electron chi connectivity index (χ0n) is 12.2. The molecule has 0 spiro atoms. The molecule has 0 aliphatic carbocycles. The number of aromatic carboxylic acids is 1. The van der Waals surface area contributed by atoms with Gasteiger partial charge in [0.15, 0.2) is 0 Å². The second-order valence-electron chi connectivity index (χ2n) is 5.51. The fourth-order valence-electron chi connectivity index (χ4n) is 2.91. The predicted molar refractivity (Wildman–Crippen MR) is 85.4 cm³/mol. The summed E-state index contributed by atoms with van der Waals surface area (Å²) in [5.41, 5.74) is 8.88. The van der Waals surface area contributed by atoms with Crippen LogP contribution in [0.2, 0.25) is 0 Å². The van der Waals surface area contributed by atoms with Gasteiger partial charge >= 0.3 is 5.97 Å². The zero-order chi connectivity index (χ0) is 16.4. The minimum Gasteiger partial charge on any atom is -0.478 e. The molecule has 2 aromatic carbocycles. The monoisotopic (exact) mass is 310 g/mol. The lowest BCUT2D eigenvalue weighted by Gasteiger charge is -2.19. The van der Waals surface area contributed by atoms with Crippen LogP contribution in [0, 0.1) is 5.92 Å². The number of carboxylic acid groups (broad SMARTS) is 1. The van der Waals surface area contributed by atoms with Crippen LogP contribution in [0.25, 0.3) is 21.2 Å². The molecule has 1 amide bonds. The number of carbonyl (C=O) groups is 2. The molecule has 1 aliphatic rings. The van der Waals surface area contributed by atoms with E-state index >= 15 is 0 Å². The van der Waals surface area contributed by atoms with Gasteiger partial charge in [-0.1, -0.05) is 29.4 Å². The van der Waals surface area contributed by atoms with Crippen molar-refractivity contribution in [3.8, 4) is 0 Å². The number of nitrogens with zero attached hydrogens (tertiary/aromatic N) is 4. The lowest BCUT2D eigenvalue weighted by atomic mass is 10.0. The third-order valence-corrected chi connectivity index (χ3v) is 3.99. The van der Waals surface area contributed by atoms with Gasteiger partial charge in [0.1, 0.15) is 0 Å². The Balaban J connectivity index is 2.04.